The van der Waals surface area contributed by atoms with Gasteiger partial charge >= 0.3 is 0 Å². The molecule has 0 fully saturated rings. The SMILES string of the molecule is CCc1cccc(NC(C)c2cc(C)cc(C)c2)c1. The minimum absolute atomic E-state index is 0.325. The first kappa shape index (κ1) is 13.7. The van der Waals surface area contributed by atoms with Crippen LogP contribution in [0.4, 0.5) is 5.69 Å². The molecule has 0 heterocycles. The van der Waals surface area contributed by atoms with E-state index in [0.29, 0.717) is 6.04 Å². The minimum atomic E-state index is 0.325. The van der Waals surface area contributed by atoms with E-state index >= 15 is 0 Å². The molecule has 0 aliphatic rings. The van der Waals surface area contributed by atoms with Gasteiger partial charge in [-0.05, 0) is 50.5 Å². The zero-order valence-electron chi connectivity index (χ0n) is 12.3. The van der Waals surface area contributed by atoms with Crippen LogP contribution in [0.1, 0.15) is 42.1 Å². The predicted octanol–water partition coefficient (Wildman–Crippen LogP) is 5.04. The second kappa shape index (κ2) is 5.92. The summed E-state index contributed by atoms with van der Waals surface area (Å²) in [4.78, 5) is 0. The predicted molar refractivity (Wildman–Crippen MR) is 83.8 cm³/mol. The molecule has 0 aliphatic heterocycles. The van der Waals surface area contributed by atoms with Crippen molar-refractivity contribution >= 4 is 5.69 Å². The Kier molecular flexibility index (Phi) is 4.26. The Labute approximate surface area is 116 Å². The molecule has 0 bridgehead atoms. The average Bonchev–Trinajstić information content (AvgIpc) is 2.37. The highest BCUT2D eigenvalue weighted by Crippen LogP contribution is 2.22. The van der Waals surface area contributed by atoms with Crippen molar-refractivity contribution in [1.29, 1.82) is 0 Å². The Bertz CT molecular complexity index is 537. The second-order valence-corrected chi connectivity index (χ2v) is 5.34. The third-order valence-electron chi connectivity index (χ3n) is 3.46. The van der Waals surface area contributed by atoms with Crippen LogP contribution in [0.5, 0.6) is 0 Å². The molecule has 2 aromatic rings. The van der Waals surface area contributed by atoms with Gasteiger partial charge in [0.25, 0.3) is 0 Å². The van der Waals surface area contributed by atoms with Crippen molar-refractivity contribution in [2.24, 2.45) is 0 Å². The maximum atomic E-state index is 3.59. The maximum Gasteiger partial charge on any atom is 0.0485 e. The number of hydrogen-bond acceptors (Lipinski definition) is 1. The minimum Gasteiger partial charge on any atom is -0.379 e. The van der Waals surface area contributed by atoms with E-state index in [1.165, 1.54) is 27.9 Å². The first-order valence-electron chi connectivity index (χ1n) is 7.02. The van der Waals surface area contributed by atoms with Gasteiger partial charge in [0.1, 0.15) is 0 Å². The summed E-state index contributed by atoms with van der Waals surface area (Å²) in [6.45, 7) is 8.71. The van der Waals surface area contributed by atoms with Crippen LogP contribution in [0.3, 0.4) is 0 Å². The summed E-state index contributed by atoms with van der Waals surface area (Å²) >= 11 is 0. The molecular weight excluding hydrogens is 230 g/mol. The number of hydrogen-bond donors (Lipinski definition) is 1. The molecule has 1 N–H and O–H groups in total. The van der Waals surface area contributed by atoms with Crippen LogP contribution in [0.2, 0.25) is 0 Å². The van der Waals surface area contributed by atoms with Gasteiger partial charge in [0.2, 0.25) is 0 Å². The second-order valence-electron chi connectivity index (χ2n) is 5.34. The number of rotatable bonds is 4. The van der Waals surface area contributed by atoms with E-state index in [1.54, 1.807) is 0 Å². The largest absolute Gasteiger partial charge is 0.379 e. The molecule has 1 unspecified atom stereocenters. The monoisotopic (exact) mass is 253 g/mol. The van der Waals surface area contributed by atoms with Crippen molar-refractivity contribution in [2.75, 3.05) is 5.32 Å². The zero-order valence-corrected chi connectivity index (χ0v) is 12.3. The summed E-state index contributed by atoms with van der Waals surface area (Å²) in [6, 6.07) is 15.7. The molecule has 0 spiro atoms. The normalized spacial score (nSPS) is 12.2. The maximum absolute atomic E-state index is 3.59. The van der Waals surface area contributed by atoms with Crippen molar-refractivity contribution in [2.45, 2.75) is 40.2 Å². The van der Waals surface area contributed by atoms with E-state index in [2.05, 4.69) is 75.5 Å². The Morgan fingerprint density at radius 1 is 1.00 bits per heavy atom. The molecule has 100 valence electrons. The number of anilines is 1. The molecule has 0 aliphatic carbocycles. The topological polar surface area (TPSA) is 12.0 Å². The molecule has 0 saturated carbocycles. The fraction of sp³-hybridized carbons (Fsp3) is 0.333. The van der Waals surface area contributed by atoms with Gasteiger partial charge in [0, 0.05) is 11.7 Å². The third kappa shape index (κ3) is 3.60. The number of benzene rings is 2. The van der Waals surface area contributed by atoms with Gasteiger partial charge in [0.15, 0.2) is 0 Å². The van der Waals surface area contributed by atoms with E-state index in [0.717, 1.165) is 6.42 Å². The first-order valence-corrected chi connectivity index (χ1v) is 7.02. The van der Waals surface area contributed by atoms with Gasteiger partial charge in [-0.15, -0.1) is 0 Å². The molecule has 0 amide bonds. The lowest BCUT2D eigenvalue weighted by Gasteiger charge is -2.17. The van der Waals surface area contributed by atoms with Crippen LogP contribution >= 0.6 is 0 Å². The molecule has 0 aromatic heterocycles. The Morgan fingerprint density at radius 2 is 1.68 bits per heavy atom. The molecule has 2 rings (SSSR count). The Balaban J connectivity index is 2.17. The van der Waals surface area contributed by atoms with Crippen LogP contribution in [-0.4, -0.2) is 0 Å². The molecule has 0 saturated heterocycles. The van der Waals surface area contributed by atoms with E-state index in [1.807, 2.05) is 0 Å². The van der Waals surface area contributed by atoms with Gasteiger partial charge in [-0.3, -0.25) is 0 Å². The fourth-order valence-electron chi connectivity index (χ4n) is 2.47. The molecule has 1 atom stereocenters. The third-order valence-corrected chi connectivity index (χ3v) is 3.46. The summed E-state index contributed by atoms with van der Waals surface area (Å²) in [5.41, 5.74) is 6.57. The highest BCUT2D eigenvalue weighted by molar-refractivity contribution is 5.48. The highest BCUT2D eigenvalue weighted by atomic mass is 14.9. The summed E-state index contributed by atoms with van der Waals surface area (Å²) in [5.74, 6) is 0. The van der Waals surface area contributed by atoms with E-state index in [9.17, 15) is 0 Å². The molecule has 19 heavy (non-hydrogen) atoms. The van der Waals surface area contributed by atoms with Crippen molar-refractivity contribution < 1.29 is 0 Å². The smallest absolute Gasteiger partial charge is 0.0485 e. The van der Waals surface area contributed by atoms with Crippen molar-refractivity contribution in [3.8, 4) is 0 Å². The van der Waals surface area contributed by atoms with Gasteiger partial charge in [-0.25, -0.2) is 0 Å². The molecule has 1 nitrogen and oxygen atoms in total. The van der Waals surface area contributed by atoms with Crippen LogP contribution in [-0.2, 0) is 6.42 Å². The number of aryl methyl sites for hydroxylation is 3. The summed E-state index contributed by atoms with van der Waals surface area (Å²) in [6.07, 6.45) is 1.08. The van der Waals surface area contributed by atoms with Gasteiger partial charge in [-0.2, -0.15) is 0 Å². The standard InChI is InChI=1S/C18H23N/c1-5-16-7-6-8-18(12-16)19-15(4)17-10-13(2)9-14(3)11-17/h6-12,15,19H,5H2,1-4H3. The van der Waals surface area contributed by atoms with E-state index in [-0.39, 0.29) is 0 Å². The highest BCUT2D eigenvalue weighted by Gasteiger charge is 2.06. The molecule has 2 aromatic carbocycles. The zero-order chi connectivity index (χ0) is 13.8. The van der Waals surface area contributed by atoms with Crippen LogP contribution < -0.4 is 5.32 Å². The van der Waals surface area contributed by atoms with Gasteiger partial charge in [0.05, 0.1) is 0 Å². The summed E-state index contributed by atoms with van der Waals surface area (Å²) in [7, 11) is 0. The first-order chi connectivity index (χ1) is 9.08. The fourth-order valence-corrected chi connectivity index (χ4v) is 2.47. The lowest BCUT2D eigenvalue weighted by atomic mass is 10.0. The molecular formula is C18H23N. The van der Waals surface area contributed by atoms with E-state index < -0.39 is 0 Å². The van der Waals surface area contributed by atoms with Crippen molar-refractivity contribution in [3.63, 3.8) is 0 Å². The van der Waals surface area contributed by atoms with Gasteiger partial charge < -0.3 is 5.32 Å². The van der Waals surface area contributed by atoms with Crippen LogP contribution in [0.15, 0.2) is 42.5 Å². The van der Waals surface area contributed by atoms with E-state index in [4.69, 9.17) is 0 Å². The number of nitrogens with one attached hydrogen (secondary N) is 1. The van der Waals surface area contributed by atoms with Crippen LogP contribution in [0, 0.1) is 13.8 Å². The molecule has 1 heteroatoms. The lowest BCUT2D eigenvalue weighted by molar-refractivity contribution is 0.880. The van der Waals surface area contributed by atoms with Crippen molar-refractivity contribution in [1.82, 2.24) is 0 Å². The quantitative estimate of drug-likeness (QED) is 0.805. The van der Waals surface area contributed by atoms with Crippen molar-refractivity contribution in [3.05, 3.63) is 64.7 Å². The van der Waals surface area contributed by atoms with Gasteiger partial charge in [-0.1, -0.05) is 48.4 Å². The lowest BCUT2D eigenvalue weighted by Crippen LogP contribution is -2.07. The summed E-state index contributed by atoms with van der Waals surface area (Å²) < 4.78 is 0. The Morgan fingerprint density at radius 3 is 2.32 bits per heavy atom. The average molecular weight is 253 g/mol. The Hall–Kier alpha value is -1.76. The molecule has 0 radical (unpaired) electrons. The van der Waals surface area contributed by atoms with Crippen LogP contribution in [0.25, 0.3) is 0 Å². The summed E-state index contributed by atoms with van der Waals surface area (Å²) in [5, 5.41) is 3.59.